The Hall–Kier alpha value is -3.05. The molecule has 2 aromatic rings. The Kier molecular flexibility index (Phi) is 12.4. The van der Waals surface area contributed by atoms with Crippen LogP contribution in [0.5, 0.6) is 5.75 Å². The van der Waals surface area contributed by atoms with Crippen molar-refractivity contribution in [3.63, 3.8) is 0 Å². The first-order chi connectivity index (χ1) is 17.7. The van der Waals surface area contributed by atoms with Gasteiger partial charge in [-0.3, -0.25) is 9.69 Å². The third-order valence-corrected chi connectivity index (χ3v) is 5.87. The number of carbonyl (C=O) groups excluding carboxylic acids is 1. The lowest BCUT2D eigenvalue weighted by Crippen LogP contribution is -2.34. The number of ether oxygens (including phenoxy) is 2. The third-order valence-electron chi connectivity index (χ3n) is 5.87. The summed E-state index contributed by atoms with van der Waals surface area (Å²) in [6.45, 7) is 5.21. The van der Waals surface area contributed by atoms with Crippen LogP contribution in [0.15, 0.2) is 18.2 Å². The van der Waals surface area contributed by atoms with Crippen molar-refractivity contribution in [3.05, 3.63) is 40.6 Å². The molecule has 1 aromatic carbocycles. The Morgan fingerprint density at radius 1 is 1.24 bits per heavy atom. The first kappa shape index (κ1) is 30.2. The molecular weight excluding hydrogens is 484 g/mol. The van der Waals surface area contributed by atoms with Crippen molar-refractivity contribution in [1.29, 1.82) is 0 Å². The number of esters is 1. The number of halogens is 2. The van der Waals surface area contributed by atoms with Gasteiger partial charge in [0.1, 0.15) is 11.6 Å². The number of alkyl halides is 2. The molecule has 0 fully saturated rings. The predicted octanol–water partition coefficient (Wildman–Crippen LogP) is 3.56. The molecule has 0 aliphatic carbocycles. The van der Waals surface area contributed by atoms with Crippen LogP contribution in [0.25, 0.3) is 0 Å². The molecule has 0 saturated heterocycles. The highest BCUT2D eigenvalue weighted by molar-refractivity contribution is 5.71. The van der Waals surface area contributed by atoms with E-state index in [1.165, 1.54) is 4.90 Å². The van der Waals surface area contributed by atoms with Crippen molar-refractivity contribution in [3.8, 4) is 5.75 Å². The van der Waals surface area contributed by atoms with Crippen LogP contribution in [-0.4, -0.2) is 71.8 Å². The summed E-state index contributed by atoms with van der Waals surface area (Å²) in [5.74, 6) is 0.799. The van der Waals surface area contributed by atoms with E-state index in [2.05, 4.69) is 22.2 Å². The SMILES string of the molecule is CCC[C@@H](CCO)Nc1nc(N)nc(C)c1Cc1ccc(CN(CC(=O)OCC)CC(F)F)cc1OC. The number of benzene rings is 1. The van der Waals surface area contributed by atoms with E-state index in [1.54, 1.807) is 20.1 Å². The molecule has 0 aliphatic heterocycles. The summed E-state index contributed by atoms with van der Waals surface area (Å²) in [6, 6.07) is 5.52. The number of aliphatic hydroxyl groups is 1. The van der Waals surface area contributed by atoms with Crippen molar-refractivity contribution < 1.29 is 28.2 Å². The zero-order valence-electron chi connectivity index (χ0n) is 22.1. The number of nitrogens with one attached hydrogen (secondary N) is 1. The summed E-state index contributed by atoms with van der Waals surface area (Å²) < 4.78 is 36.8. The third kappa shape index (κ3) is 9.73. The molecule has 0 amide bonds. The fourth-order valence-corrected chi connectivity index (χ4v) is 4.19. The second-order valence-corrected chi connectivity index (χ2v) is 8.83. The van der Waals surface area contributed by atoms with Crippen molar-refractivity contribution in [2.75, 3.05) is 44.5 Å². The molecule has 0 spiro atoms. The van der Waals surface area contributed by atoms with E-state index in [0.717, 1.165) is 35.2 Å². The lowest BCUT2D eigenvalue weighted by molar-refractivity contribution is -0.145. The maximum absolute atomic E-state index is 13.1. The highest BCUT2D eigenvalue weighted by atomic mass is 19.3. The van der Waals surface area contributed by atoms with Gasteiger partial charge in [0.25, 0.3) is 6.43 Å². The van der Waals surface area contributed by atoms with Gasteiger partial charge in [-0.1, -0.05) is 25.5 Å². The largest absolute Gasteiger partial charge is 0.496 e. The fourth-order valence-electron chi connectivity index (χ4n) is 4.19. The van der Waals surface area contributed by atoms with E-state index in [4.69, 9.17) is 15.2 Å². The number of aryl methyl sites for hydroxylation is 1. The fraction of sp³-hybridized carbons (Fsp3) is 0.577. The predicted molar refractivity (Wildman–Crippen MR) is 139 cm³/mol. The number of hydrogen-bond acceptors (Lipinski definition) is 9. The van der Waals surface area contributed by atoms with Gasteiger partial charge in [-0.2, -0.15) is 4.98 Å². The van der Waals surface area contributed by atoms with Gasteiger partial charge in [0, 0.05) is 36.9 Å². The van der Waals surface area contributed by atoms with Crippen LogP contribution in [0.3, 0.4) is 0 Å². The first-order valence-corrected chi connectivity index (χ1v) is 12.5. The monoisotopic (exact) mass is 523 g/mol. The number of nitrogens with two attached hydrogens (primary N) is 1. The molecule has 1 heterocycles. The van der Waals surface area contributed by atoms with Crippen molar-refractivity contribution in [2.45, 2.75) is 65.5 Å². The maximum atomic E-state index is 13.1. The van der Waals surface area contributed by atoms with Gasteiger partial charge in [-0.05, 0) is 43.9 Å². The molecule has 2 rings (SSSR count). The number of rotatable bonds is 16. The van der Waals surface area contributed by atoms with Crippen molar-refractivity contribution in [2.24, 2.45) is 0 Å². The average Bonchev–Trinajstić information content (AvgIpc) is 2.81. The molecule has 9 nitrogen and oxygen atoms in total. The Balaban J connectivity index is 2.31. The summed E-state index contributed by atoms with van der Waals surface area (Å²) in [5.41, 5.74) is 9.07. The first-order valence-electron chi connectivity index (χ1n) is 12.5. The molecule has 11 heteroatoms. The lowest BCUT2D eigenvalue weighted by Gasteiger charge is -2.22. The van der Waals surface area contributed by atoms with Crippen LogP contribution in [-0.2, 0) is 22.5 Å². The highest BCUT2D eigenvalue weighted by Crippen LogP contribution is 2.29. The molecule has 0 bridgehead atoms. The minimum Gasteiger partial charge on any atom is -0.496 e. The van der Waals surface area contributed by atoms with Crippen LogP contribution in [0.2, 0.25) is 0 Å². The number of aromatic nitrogens is 2. The maximum Gasteiger partial charge on any atom is 0.320 e. The van der Waals surface area contributed by atoms with Crippen LogP contribution in [0.4, 0.5) is 20.5 Å². The van der Waals surface area contributed by atoms with E-state index in [1.807, 2.05) is 19.1 Å². The van der Waals surface area contributed by atoms with E-state index >= 15 is 0 Å². The van der Waals surface area contributed by atoms with Gasteiger partial charge in [0.2, 0.25) is 5.95 Å². The van der Waals surface area contributed by atoms with Crippen LogP contribution in [0.1, 0.15) is 55.5 Å². The average molecular weight is 524 g/mol. The Morgan fingerprint density at radius 3 is 2.62 bits per heavy atom. The molecule has 0 unspecified atom stereocenters. The summed E-state index contributed by atoms with van der Waals surface area (Å²) in [6.07, 6.45) is 0.245. The van der Waals surface area contributed by atoms with Crippen LogP contribution < -0.4 is 15.8 Å². The highest BCUT2D eigenvalue weighted by Gasteiger charge is 2.20. The minimum absolute atomic E-state index is 0.0342. The molecule has 37 heavy (non-hydrogen) atoms. The number of hydrogen-bond donors (Lipinski definition) is 3. The molecule has 0 saturated carbocycles. The second kappa shape index (κ2) is 15.3. The Labute approximate surface area is 217 Å². The van der Waals surface area contributed by atoms with Gasteiger partial charge >= 0.3 is 5.97 Å². The quantitative estimate of drug-likeness (QED) is 0.283. The molecule has 4 N–H and O–H groups in total. The summed E-state index contributed by atoms with van der Waals surface area (Å²) in [4.78, 5) is 22.0. The van der Waals surface area contributed by atoms with Crippen LogP contribution >= 0.6 is 0 Å². The smallest absolute Gasteiger partial charge is 0.320 e. The van der Waals surface area contributed by atoms with E-state index in [-0.39, 0.29) is 38.3 Å². The van der Waals surface area contributed by atoms with Crippen LogP contribution in [0, 0.1) is 6.92 Å². The zero-order valence-corrected chi connectivity index (χ0v) is 22.1. The number of nitrogen functional groups attached to an aromatic ring is 1. The van der Waals surface area contributed by atoms with Crippen molar-refractivity contribution in [1.82, 2.24) is 14.9 Å². The van der Waals surface area contributed by atoms with Gasteiger partial charge < -0.3 is 25.6 Å². The van der Waals surface area contributed by atoms with Gasteiger partial charge in [-0.25, -0.2) is 13.8 Å². The Bertz CT molecular complexity index is 1000. The molecule has 0 aliphatic rings. The number of anilines is 2. The van der Waals surface area contributed by atoms with Gasteiger partial charge in [0.15, 0.2) is 0 Å². The summed E-state index contributed by atoms with van der Waals surface area (Å²) >= 11 is 0. The molecular formula is C26H39F2N5O4. The van der Waals surface area contributed by atoms with E-state index in [9.17, 15) is 18.7 Å². The standard InChI is InChI=1S/C26H39F2N5O4/c1-5-7-20(10-11-34)31-25-21(17(3)30-26(29)32-25)13-19-9-8-18(12-22(19)36-4)14-33(15-23(27)28)16-24(35)37-6-2/h8-9,12,20,23,34H,5-7,10-11,13-16H2,1-4H3,(H3,29,30,31,32)/t20-/m0/s1. The normalized spacial score (nSPS) is 12.1. The van der Waals surface area contributed by atoms with Gasteiger partial charge in [-0.15, -0.1) is 0 Å². The number of methoxy groups -OCH3 is 1. The Morgan fingerprint density at radius 2 is 2.00 bits per heavy atom. The molecule has 1 atom stereocenters. The van der Waals surface area contributed by atoms with Gasteiger partial charge in [0.05, 0.1) is 26.8 Å². The number of carbonyl (C=O) groups is 1. The van der Waals surface area contributed by atoms with Crippen molar-refractivity contribution >= 4 is 17.7 Å². The summed E-state index contributed by atoms with van der Waals surface area (Å²) in [5, 5.41) is 12.9. The second-order valence-electron chi connectivity index (χ2n) is 8.83. The lowest BCUT2D eigenvalue weighted by atomic mass is 10.0. The molecule has 0 radical (unpaired) electrons. The van der Waals surface area contributed by atoms with E-state index < -0.39 is 18.9 Å². The zero-order chi connectivity index (χ0) is 27.4. The summed E-state index contributed by atoms with van der Waals surface area (Å²) in [7, 11) is 1.54. The number of nitrogens with zero attached hydrogens (tertiary/aromatic N) is 3. The molecule has 206 valence electrons. The minimum atomic E-state index is -2.59. The molecule has 1 aromatic heterocycles. The number of aliphatic hydroxyl groups excluding tert-OH is 1. The van der Waals surface area contributed by atoms with E-state index in [0.29, 0.717) is 24.4 Å². The topological polar surface area (TPSA) is 123 Å².